The van der Waals surface area contributed by atoms with E-state index in [9.17, 15) is 0 Å². The van der Waals surface area contributed by atoms with Crippen molar-refractivity contribution in [1.82, 2.24) is 10.2 Å². The predicted molar refractivity (Wildman–Crippen MR) is 99.1 cm³/mol. The summed E-state index contributed by atoms with van der Waals surface area (Å²) in [6.07, 6.45) is 2.67. The van der Waals surface area contributed by atoms with Gasteiger partial charge >= 0.3 is 0 Å². The summed E-state index contributed by atoms with van der Waals surface area (Å²) in [5.74, 6) is 0.934. The Labute approximate surface area is 143 Å². The maximum absolute atomic E-state index is 5.96. The van der Waals surface area contributed by atoms with Crippen LogP contribution < -0.4 is 5.32 Å². The summed E-state index contributed by atoms with van der Waals surface area (Å²) >= 11 is 0. The summed E-state index contributed by atoms with van der Waals surface area (Å²) in [6, 6.07) is 19.4. The number of likely N-dealkylation sites (N-methyl/N-ethyl adjacent to an activating group) is 1. The Kier molecular flexibility index (Phi) is 4.37. The number of rotatable bonds is 5. The van der Waals surface area contributed by atoms with E-state index in [2.05, 4.69) is 46.6 Å². The second-order valence-corrected chi connectivity index (χ2v) is 6.62. The molecule has 0 radical (unpaired) electrons. The van der Waals surface area contributed by atoms with Gasteiger partial charge in [-0.15, -0.1) is 0 Å². The molecular formula is C21H24N2O. The van der Waals surface area contributed by atoms with Crippen LogP contribution in [0.4, 0.5) is 0 Å². The molecule has 4 rings (SSSR count). The van der Waals surface area contributed by atoms with Crippen molar-refractivity contribution in [2.75, 3.05) is 26.7 Å². The molecule has 1 aliphatic rings. The average Bonchev–Trinajstić information content (AvgIpc) is 3.29. The fourth-order valence-electron chi connectivity index (χ4n) is 3.59. The second kappa shape index (κ2) is 6.80. The number of para-hydroxylation sites is 1. The van der Waals surface area contributed by atoms with E-state index >= 15 is 0 Å². The van der Waals surface area contributed by atoms with Gasteiger partial charge in [0.2, 0.25) is 0 Å². The molecular weight excluding hydrogens is 296 g/mol. The molecule has 0 aliphatic carbocycles. The zero-order chi connectivity index (χ0) is 16.4. The molecule has 1 fully saturated rings. The number of hydrogen-bond donors (Lipinski definition) is 1. The first-order valence-electron chi connectivity index (χ1n) is 8.82. The topological polar surface area (TPSA) is 28.4 Å². The fraction of sp³-hybridized carbons (Fsp3) is 0.333. The molecule has 0 amide bonds. The summed E-state index contributed by atoms with van der Waals surface area (Å²) in [6.45, 7) is 3.55. The molecule has 3 aromatic rings. The largest absolute Gasteiger partial charge is 0.456 e. The highest BCUT2D eigenvalue weighted by molar-refractivity contribution is 5.82. The monoisotopic (exact) mass is 320 g/mol. The first-order valence-corrected chi connectivity index (χ1v) is 8.82. The van der Waals surface area contributed by atoms with Crippen LogP contribution in [0, 0.1) is 0 Å². The quantitative estimate of drug-likeness (QED) is 0.752. The third kappa shape index (κ3) is 3.10. The van der Waals surface area contributed by atoms with Crippen LogP contribution in [0.15, 0.2) is 59.0 Å². The number of likely N-dealkylation sites (tertiary alicyclic amines) is 1. The van der Waals surface area contributed by atoms with Gasteiger partial charge in [0, 0.05) is 23.5 Å². The van der Waals surface area contributed by atoms with Crippen molar-refractivity contribution in [2.24, 2.45) is 0 Å². The minimum Gasteiger partial charge on any atom is -0.456 e. The van der Waals surface area contributed by atoms with E-state index in [-0.39, 0.29) is 0 Å². The highest BCUT2D eigenvalue weighted by Crippen LogP contribution is 2.28. The van der Waals surface area contributed by atoms with Crippen molar-refractivity contribution in [3.05, 3.63) is 60.2 Å². The molecule has 1 aromatic heterocycles. The van der Waals surface area contributed by atoms with Gasteiger partial charge in [0.15, 0.2) is 0 Å². The molecule has 2 aromatic carbocycles. The molecule has 1 N–H and O–H groups in total. The number of nitrogens with one attached hydrogen (secondary N) is 1. The predicted octanol–water partition coefficient (Wildman–Crippen LogP) is 4.46. The Hall–Kier alpha value is -2.10. The number of benzene rings is 2. The van der Waals surface area contributed by atoms with Crippen LogP contribution in [0.25, 0.3) is 22.3 Å². The third-order valence-corrected chi connectivity index (χ3v) is 5.01. The minimum absolute atomic E-state index is 0.382. The van der Waals surface area contributed by atoms with Gasteiger partial charge in [0.1, 0.15) is 11.3 Å². The van der Waals surface area contributed by atoms with Gasteiger partial charge in [-0.3, -0.25) is 0 Å². The molecule has 3 nitrogen and oxygen atoms in total. The molecule has 2 heterocycles. The van der Waals surface area contributed by atoms with Gasteiger partial charge in [0.25, 0.3) is 0 Å². The molecule has 0 saturated carbocycles. The Balaban J connectivity index is 1.54. The molecule has 1 atom stereocenters. The summed E-state index contributed by atoms with van der Waals surface area (Å²) in [5, 5.41) is 4.61. The van der Waals surface area contributed by atoms with Crippen LogP contribution in [0.3, 0.4) is 0 Å². The van der Waals surface area contributed by atoms with E-state index in [0.717, 1.165) is 28.8 Å². The van der Waals surface area contributed by atoms with E-state index in [4.69, 9.17) is 4.42 Å². The first-order chi connectivity index (χ1) is 11.8. The van der Waals surface area contributed by atoms with Crippen LogP contribution in [-0.2, 0) is 0 Å². The van der Waals surface area contributed by atoms with Gasteiger partial charge in [-0.25, -0.2) is 0 Å². The third-order valence-electron chi connectivity index (χ3n) is 5.01. The molecule has 1 saturated heterocycles. The Morgan fingerprint density at radius 2 is 1.79 bits per heavy atom. The SMILES string of the molecule is CNC(CN1CCCC1)c1ccc(-c2cc3ccccc3o2)cc1. The maximum atomic E-state index is 5.96. The van der Waals surface area contributed by atoms with Gasteiger partial charge < -0.3 is 14.6 Å². The van der Waals surface area contributed by atoms with E-state index < -0.39 is 0 Å². The van der Waals surface area contributed by atoms with Crippen LogP contribution in [0.2, 0.25) is 0 Å². The zero-order valence-electron chi connectivity index (χ0n) is 14.2. The Morgan fingerprint density at radius 3 is 2.50 bits per heavy atom. The van der Waals surface area contributed by atoms with Crippen molar-refractivity contribution < 1.29 is 4.42 Å². The lowest BCUT2D eigenvalue weighted by molar-refractivity contribution is 0.299. The van der Waals surface area contributed by atoms with Gasteiger partial charge in [-0.1, -0.05) is 42.5 Å². The second-order valence-electron chi connectivity index (χ2n) is 6.62. The van der Waals surface area contributed by atoms with Crippen LogP contribution >= 0.6 is 0 Å². The molecule has 3 heteroatoms. The average molecular weight is 320 g/mol. The highest BCUT2D eigenvalue weighted by Gasteiger charge is 2.18. The van der Waals surface area contributed by atoms with Crippen LogP contribution in [-0.4, -0.2) is 31.6 Å². The van der Waals surface area contributed by atoms with E-state index in [0.29, 0.717) is 6.04 Å². The summed E-state index contributed by atoms with van der Waals surface area (Å²) < 4.78 is 5.96. The lowest BCUT2D eigenvalue weighted by Crippen LogP contribution is -2.31. The van der Waals surface area contributed by atoms with Crippen molar-refractivity contribution in [2.45, 2.75) is 18.9 Å². The zero-order valence-corrected chi connectivity index (χ0v) is 14.2. The molecule has 24 heavy (non-hydrogen) atoms. The molecule has 1 unspecified atom stereocenters. The van der Waals surface area contributed by atoms with Crippen molar-refractivity contribution >= 4 is 11.0 Å². The van der Waals surface area contributed by atoms with Gasteiger partial charge in [-0.2, -0.15) is 0 Å². The summed E-state index contributed by atoms with van der Waals surface area (Å²) in [4.78, 5) is 2.55. The maximum Gasteiger partial charge on any atom is 0.135 e. The normalized spacial score (nSPS) is 16.7. The van der Waals surface area contributed by atoms with Crippen molar-refractivity contribution in [3.63, 3.8) is 0 Å². The van der Waals surface area contributed by atoms with Gasteiger partial charge in [0.05, 0.1) is 0 Å². The highest BCUT2D eigenvalue weighted by atomic mass is 16.3. The van der Waals surface area contributed by atoms with E-state index in [1.807, 2.05) is 25.2 Å². The van der Waals surface area contributed by atoms with E-state index in [1.165, 1.54) is 31.5 Å². The number of nitrogens with zero attached hydrogens (tertiary/aromatic N) is 1. The first kappa shape index (κ1) is 15.4. The van der Waals surface area contributed by atoms with Crippen LogP contribution in [0.5, 0.6) is 0 Å². The standard InChI is InChI=1S/C21H24N2O/c1-22-19(15-23-12-4-5-13-23)16-8-10-17(11-9-16)21-14-18-6-2-3-7-20(18)24-21/h2-3,6-11,14,19,22H,4-5,12-13,15H2,1H3. The Bertz CT molecular complexity index is 767. The van der Waals surface area contributed by atoms with Crippen molar-refractivity contribution in [1.29, 1.82) is 0 Å². The fourth-order valence-corrected chi connectivity index (χ4v) is 3.59. The lowest BCUT2D eigenvalue weighted by Gasteiger charge is -2.23. The summed E-state index contributed by atoms with van der Waals surface area (Å²) in [5.41, 5.74) is 3.41. The smallest absolute Gasteiger partial charge is 0.135 e. The number of furan rings is 1. The molecule has 1 aliphatic heterocycles. The lowest BCUT2D eigenvalue weighted by atomic mass is 10.0. The minimum atomic E-state index is 0.382. The van der Waals surface area contributed by atoms with Crippen LogP contribution in [0.1, 0.15) is 24.4 Å². The summed E-state index contributed by atoms with van der Waals surface area (Å²) in [7, 11) is 2.05. The molecule has 0 spiro atoms. The number of fused-ring (bicyclic) bond motifs is 1. The van der Waals surface area contributed by atoms with Gasteiger partial charge in [-0.05, 0) is 50.7 Å². The van der Waals surface area contributed by atoms with E-state index in [1.54, 1.807) is 0 Å². The number of hydrogen-bond acceptors (Lipinski definition) is 3. The molecule has 0 bridgehead atoms. The Morgan fingerprint density at radius 1 is 1.04 bits per heavy atom. The van der Waals surface area contributed by atoms with Crippen molar-refractivity contribution in [3.8, 4) is 11.3 Å². The molecule has 124 valence electrons.